The van der Waals surface area contributed by atoms with Gasteiger partial charge >= 0.3 is 5.97 Å². The van der Waals surface area contributed by atoms with Crippen LogP contribution < -0.4 is 15.2 Å². The van der Waals surface area contributed by atoms with Crippen molar-refractivity contribution in [3.05, 3.63) is 0 Å². The molecule has 0 aromatic rings. The minimum absolute atomic E-state index is 0.601. The summed E-state index contributed by atoms with van der Waals surface area (Å²) in [6.45, 7) is 0. The van der Waals surface area contributed by atoms with Crippen LogP contribution in [0.4, 0.5) is 0 Å². The number of nitrogens with two attached hydrogens (primary N) is 1. The van der Waals surface area contributed by atoms with Gasteiger partial charge in [0, 0.05) is 7.05 Å². The van der Waals surface area contributed by atoms with E-state index in [1.54, 1.807) is 4.72 Å². The van der Waals surface area contributed by atoms with E-state index in [-0.39, 0.29) is 0 Å². The molecule has 0 unspecified atom stereocenters. The van der Waals surface area contributed by atoms with E-state index in [1.165, 1.54) is 0 Å². The maximum Gasteiger partial charge on any atom is 0.322 e. The monoisotopic (exact) mass is 225 g/mol. The average molecular weight is 225 g/mol. The van der Waals surface area contributed by atoms with E-state index >= 15 is 0 Å². The number of aliphatic carboxylic acids is 1. The molecular formula is C5H11N3O5S. The molecule has 0 radical (unpaired) electrons. The molecule has 0 saturated heterocycles. The molecule has 5 N–H and O–H groups in total. The van der Waals surface area contributed by atoms with Crippen molar-refractivity contribution < 1.29 is 23.1 Å². The Kier molecular flexibility index (Phi) is 4.47. The van der Waals surface area contributed by atoms with E-state index in [2.05, 4.69) is 0 Å². The molecule has 0 bridgehead atoms. The summed E-state index contributed by atoms with van der Waals surface area (Å²) in [6.07, 6.45) is -0.601. The van der Waals surface area contributed by atoms with Crippen LogP contribution in [0.3, 0.4) is 0 Å². The predicted molar refractivity (Wildman–Crippen MR) is 46.4 cm³/mol. The fourth-order valence-electron chi connectivity index (χ4n) is 0.627. The first-order valence-electron chi connectivity index (χ1n) is 3.50. The molecule has 0 rings (SSSR count). The van der Waals surface area contributed by atoms with E-state index < -0.39 is 34.5 Å². The Hall–Kier alpha value is -1.19. The SMILES string of the molecule is CNS(=O)(=O)N[C@@H](CC(N)=O)C(=O)O. The predicted octanol–water partition coefficient (Wildman–Crippen LogP) is -2.63. The second-order valence-electron chi connectivity index (χ2n) is 2.39. The van der Waals surface area contributed by atoms with E-state index in [9.17, 15) is 18.0 Å². The number of carboxylic acids is 1. The number of nitrogens with one attached hydrogen (secondary N) is 2. The molecule has 0 aliphatic carbocycles. The molecule has 82 valence electrons. The Morgan fingerprint density at radius 3 is 2.29 bits per heavy atom. The molecule has 0 aromatic carbocycles. The molecule has 0 heterocycles. The minimum atomic E-state index is -3.90. The number of primary amides is 1. The normalized spacial score (nSPS) is 13.5. The highest BCUT2D eigenvalue weighted by atomic mass is 32.2. The van der Waals surface area contributed by atoms with E-state index in [4.69, 9.17) is 10.8 Å². The lowest BCUT2D eigenvalue weighted by Crippen LogP contribution is -2.47. The third kappa shape index (κ3) is 4.74. The van der Waals surface area contributed by atoms with E-state index in [0.717, 1.165) is 7.05 Å². The number of rotatable bonds is 6. The summed E-state index contributed by atoms with van der Waals surface area (Å²) in [5.74, 6) is -2.38. The van der Waals surface area contributed by atoms with Gasteiger partial charge in [-0.25, -0.2) is 4.72 Å². The molecule has 1 atom stereocenters. The topological polar surface area (TPSA) is 139 Å². The molecule has 0 aliphatic heterocycles. The van der Waals surface area contributed by atoms with Crippen molar-refractivity contribution in [1.29, 1.82) is 0 Å². The van der Waals surface area contributed by atoms with Crippen molar-refractivity contribution >= 4 is 22.1 Å². The molecule has 0 aliphatic rings. The van der Waals surface area contributed by atoms with Gasteiger partial charge in [0.05, 0.1) is 6.42 Å². The van der Waals surface area contributed by atoms with Crippen molar-refractivity contribution in [3.63, 3.8) is 0 Å². The van der Waals surface area contributed by atoms with Gasteiger partial charge in [-0.2, -0.15) is 13.1 Å². The van der Waals surface area contributed by atoms with Crippen LogP contribution in [0, 0.1) is 0 Å². The van der Waals surface area contributed by atoms with Crippen LogP contribution in [-0.4, -0.2) is 38.5 Å². The van der Waals surface area contributed by atoms with Crippen molar-refractivity contribution in [1.82, 2.24) is 9.44 Å². The molecule has 0 saturated carbocycles. The number of hydrogen-bond donors (Lipinski definition) is 4. The van der Waals surface area contributed by atoms with Gasteiger partial charge in [-0.3, -0.25) is 9.59 Å². The standard InChI is InChI=1S/C5H11N3O5S/c1-7-14(12,13)8-3(5(10)11)2-4(6)9/h3,7-8H,2H2,1H3,(H2,6,9)(H,10,11)/t3-/m0/s1. The van der Waals surface area contributed by atoms with Crippen molar-refractivity contribution in [3.8, 4) is 0 Å². The van der Waals surface area contributed by atoms with Crippen molar-refractivity contribution in [2.75, 3.05) is 7.05 Å². The van der Waals surface area contributed by atoms with Crippen LogP contribution in [0.15, 0.2) is 0 Å². The lowest BCUT2D eigenvalue weighted by atomic mass is 10.2. The summed E-state index contributed by atoms with van der Waals surface area (Å²) in [7, 11) is -2.80. The molecule has 8 nitrogen and oxygen atoms in total. The number of carbonyl (C=O) groups is 2. The van der Waals surface area contributed by atoms with Crippen LogP contribution in [0.25, 0.3) is 0 Å². The van der Waals surface area contributed by atoms with Gasteiger partial charge in [0.2, 0.25) is 5.91 Å². The summed E-state index contributed by atoms with van der Waals surface area (Å²) in [6, 6.07) is -1.55. The van der Waals surface area contributed by atoms with Gasteiger partial charge in [-0.1, -0.05) is 0 Å². The third-order valence-corrected chi connectivity index (χ3v) is 2.40. The number of amides is 1. The maximum absolute atomic E-state index is 10.9. The molecular weight excluding hydrogens is 214 g/mol. The Bertz CT molecular complexity index is 324. The first kappa shape index (κ1) is 12.8. The lowest BCUT2D eigenvalue weighted by Gasteiger charge is -2.11. The van der Waals surface area contributed by atoms with E-state index in [1.807, 2.05) is 4.72 Å². The maximum atomic E-state index is 10.9. The highest BCUT2D eigenvalue weighted by Crippen LogP contribution is 1.93. The summed E-state index contributed by atoms with van der Waals surface area (Å²) < 4.78 is 25.3. The van der Waals surface area contributed by atoms with Crippen LogP contribution in [0.1, 0.15) is 6.42 Å². The van der Waals surface area contributed by atoms with E-state index in [0.29, 0.717) is 0 Å². The van der Waals surface area contributed by atoms with Gasteiger partial charge in [-0.05, 0) is 0 Å². The van der Waals surface area contributed by atoms with Crippen LogP contribution in [-0.2, 0) is 19.8 Å². The first-order valence-corrected chi connectivity index (χ1v) is 4.98. The zero-order valence-electron chi connectivity index (χ0n) is 7.35. The van der Waals surface area contributed by atoms with Gasteiger partial charge < -0.3 is 10.8 Å². The van der Waals surface area contributed by atoms with Gasteiger partial charge in [0.25, 0.3) is 10.2 Å². The van der Waals surface area contributed by atoms with Crippen molar-refractivity contribution in [2.24, 2.45) is 5.73 Å². The number of hydrogen-bond acceptors (Lipinski definition) is 4. The second-order valence-corrected chi connectivity index (χ2v) is 4.04. The third-order valence-electron chi connectivity index (χ3n) is 1.27. The fraction of sp³-hybridized carbons (Fsp3) is 0.600. The molecule has 14 heavy (non-hydrogen) atoms. The molecule has 0 spiro atoms. The minimum Gasteiger partial charge on any atom is -0.480 e. The highest BCUT2D eigenvalue weighted by molar-refractivity contribution is 7.87. The van der Waals surface area contributed by atoms with Crippen molar-refractivity contribution in [2.45, 2.75) is 12.5 Å². The largest absolute Gasteiger partial charge is 0.480 e. The van der Waals surface area contributed by atoms with Gasteiger partial charge in [0.1, 0.15) is 6.04 Å². The summed E-state index contributed by atoms with van der Waals surface area (Å²) in [5.41, 5.74) is 4.73. The Labute approximate surface area is 80.7 Å². The Balaban J connectivity index is 4.54. The molecule has 0 aromatic heterocycles. The molecule has 0 fully saturated rings. The number of carbonyl (C=O) groups excluding carboxylic acids is 1. The fourth-order valence-corrected chi connectivity index (χ4v) is 1.30. The van der Waals surface area contributed by atoms with Crippen LogP contribution in [0.2, 0.25) is 0 Å². The smallest absolute Gasteiger partial charge is 0.322 e. The Morgan fingerprint density at radius 2 is 2.00 bits per heavy atom. The zero-order valence-corrected chi connectivity index (χ0v) is 8.17. The quantitative estimate of drug-likeness (QED) is 0.391. The van der Waals surface area contributed by atoms with Gasteiger partial charge in [0.15, 0.2) is 0 Å². The molecule has 1 amide bonds. The zero-order chi connectivity index (χ0) is 11.4. The average Bonchev–Trinajstić information content (AvgIpc) is 2.02. The Morgan fingerprint density at radius 1 is 1.50 bits per heavy atom. The van der Waals surface area contributed by atoms with Gasteiger partial charge in [-0.15, -0.1) is 0 Å². The second kappa shape index (κ2) is 4.88. The van der Waals surface area contributed by atoms with Crippen LogP contribution >= 0.6 is 0 Å². The lowest BCUT2D eigenvalue weighted by molar-refractivity contribution is -0.140. The number of carboxylic acid groups (broad SMARTS) is 1. The summed E-state index contributed by atoms with van der Waals surface area (Å²) in [5, 5.41) is 8.52. The molecule has 9 heteroatoms. The summed E-state index contributed by atoms with van der Waals surface area (Å²) >= 11 is 0. The van der Waals surface area contributed by atoms with Crippen LogP contribution in [0.5, 0.6) is 0 Å². The highest BCUT2D eigenvalue weighted by Gasteiger charge is 2.24. The summed E-state index contributed by atoms with van der Waals surface area (Å²) in [4.78, 5) is 20.9. The first-order chi connectivity index (χ1) is 6.28.